The van der Waals surface area contributed by atoms with Gasteiger partial charge in [-0.3, -0.25) is 19.3 Å². The van der Waals surface area contributed by atoms with Crippen molar-refractivity contribution in [3.05, 3.63) is 65.5 Å². The first-order valence-corrected chi connectivity index (χ1v) is 10.1. The third-order valence-electron chi connectivity index (χ3n) is 5.12. The zero-order valence-corrected chi connectivity index (χ0v) is 17.6. The molecule has 11 heteroatoms. The molecule has 1 aliphatic heterocycles. The second kappa shape index (κ2) is 9.72. The van der Waals surface area contributed by atoms with Gasteiger partial charge in [0.05, 0.1) is 12.2 Å². The molecule has 1 heterocycles. The first-order valence-electron chi connectivity index (χ1n) is 10.1. The number of urea groups is 1. The van der Waals surface area contributed by atoms with E-state index in [-0.39, 0.29) is 0 Å². The average molecular weight is 462 g/mol. The molecule has 3 N–H and O–H groups in total. The number of carbonyl (C=O) groups excluding carboxylic acids is 4. The SMILES string of the molecule is CCC[C@@]1(c2ccccc2)NC(=O)N(CC(=O)NCC(=O)Nc2ccc(F)c(F)c2F)C1=O. The second-order valence-corrected chi connectivity index (χ2v) is 7.39. The maximum atomic E-state index is 13.6. The molecule has 174 valence electrons. The molecule has 0 radical (unpaired) electrons. The minimum Gasteiger partial charge on any atom is -0.345 e. The normalized spacial score (nSPS) is 17.6. The van der Waals surface area contributed by atoms with Gasteiger partial charge in [-0.05, 0) is 24.1 Å². The number of nitrogens with one attached hydrogen (secondary N) is 3. The highest BCUT2D eigenvalue weighted by molar-refractivity contribution is 6.09. The Morgan fingerprint density at radius 3 is 2.36 bits per heavy atom. The molecule has 2 aromatic rings. The molecule has 3 rings (SSSR count). The third kappa shape index (κ3) is 4.81. The first-order chi connectivity index (χ1) is 15.7. The molecule has 2 aromatic carbocycles. The van der Waals surface area contributed by atoms with Gasteiger partial charge in [-0.2, -0.15) is 0 Å². The fourth-order valence-corrected chi connectivity index (χ4v) is 3.57. The Morgan fingerprint density at radius 2 is 1.70 bits per heavy atom. The Kier molecular flexibility index (Phi) is 7.00. The zero-order valence-electron chi connectivity index (χ0n) is 17.6. The molecule has 0 bridgehead atoms. The molecule has 5 amide bonds. The van der Waals surface area contributed by atoms with E-state index in [9.17, 15) is 32.3 Å². The molecule has 0 spiro atoms. The van der Waals surface area contributed by atoms with Crippen LogP contribution in [0.3, 0.4) is 0 Å². The van der Waals surface area contributed by atoms with Gasteiger partial charge < -0.3 is 16.0 Å². The number of amides is 5. The van der Waals surface area contributed by atoms with E-state index < -0.39 is 65.5 Å². The number of rotatable bonds is 8. The number of nitrogens with zero attached hydrogens (tertiary/aromatic N) is 1. The number of benzene rings is 2. The third-order valence-corrected chi connectivity index (χ3v) is 5.12. The summed E-state index contributed by atoms with van der Waals surface area (Å²) in [6, 6.07) is 9.37. The summed E-state index contributed by atoms with van der Waals surface area (Å²) in [5.41, 5.74) is -1.31. The number of imide groups is 1. The Hall–Kier alpha value is -3.89. The molecule has 33 heavy (non-hydrogen) atoms. The van der Waals surface area contributed by atoms with Gasteiger partial charge in [-0.1, -0.05) is 43.7 Å². The maximum absolute atomic E-state index is 13.6. The van der Waals surface area contributed by atoms with Crippen LogP contribution < -0.4 is 16.0 Å². The van der Waals surface area contributed by atoms with E-state index in [2.05, 4.69) is 10.6 Å². The summed E-state index contributed by atoms with van der Waals surface area (Å²) in [6.07, 6.45) is 0.906. The molecule has 0 aliphatic carbocycles. The predicted octanol–water partition coefficient (Wildman–Crippen LogP) is 2.41. The molecular weight excluding hydrogens is 441 g/mol. The highest BCUT2D eigenvalue weighted by Gasteiger charge is 2.52. The Morgan fingerprint density at radius 1 is 1.00 bits per heavy atom. The van der Waals surface area contributed by atoms with E-state index in [1.807, 2.05) is 12.2 Å². The monoisotopic (exact) mass is 462 g/mol. The van der Waals surface area contributed by atoms with Gasteiger partial charge in [0.15, 0.2) is 17.5 Å². The molecule has 0 saturated carbocycles. The van der Waals surface area contributed by atoms with Crippen LogP contribution >= 0.6 is 0 Å². The van der Waals surface area contributed by atoms with E-state index in [1.54, 1.807) is 30.3 Å². The van der Waals surface area contributed by atoms with E-state index in [1.165, 1.54) is 0 Å². The molecule has 0 aromatic heterocycles. The van der Waals surface area contributed by atoms with Crippen LogP contribution in [0.1, 0.15) is 25.3 Å². The van der Waals surface area contributed by atoms with Crippen molar-refractivity contribution in [2.45, 2.75) is 25.3 Å². The quantitative estimate of drug-likeness (QED) is 0.414. The van der Waals surface area contributed by atoms with E-state index >= 15 is 0 Å². The lowest BCUT2D eigenvalue weighted by Gasteiger charge is -2.26. The van der Waals surface area contributed by atoms with Crippen LogP contribution in [0.25, 0.3) is 0 Å². The Balaban J connectivity index is 1.62. The Labute approximate surface area is 187 Å². The van der Waals surface area contributed by atoms with Crippen LogP contribution in [-0.2, 0) is 19.9 Å². The number of hydrogen-bond donors (Lipinski definition) is 3. The molecule has 8 nitrogen and oxygen atoms in total. The van der Waals surface area contributed by atoms with Crippen LogP contribution in [0.5, 0.6) is 0 Å². The van der Waals surface area contributed by atoms with Gasteiger partial charge in [0, 0.05) is 0 Å². The maximum Gasteiger partial charge on any atom is 0.325 e. The van der Waals surface area contributed by atoms with Crippen molar-refractivity contribution in [3.8, 4) is 0 Å². The zero-order chi connectivity index (χ0) is 24.2. The van der Waals surface area contributed by atoms with Crippen LogP contribution in [0.4, 0.5) is 23.7 Å². The summed E-state index contributed by atoms with van der Waals surface area (Å²) in [5, 5.41) is 6.87. The smallest absolute Gasteiger partial charge is 0.325 e. The Bertz CT molecular complexity index is 1100. The van der Waals surface area contributed by atoms with Crippen LogP contribution in [0.2, 0.25) is 0 Å². The van der Waals surface area contributed by atoms with Gasteiger partial charge in [-0.15, -0.1) is 0 Å². The van der Waals surface area contributed by atoms with Gasteiger partial charge >= 0.3 is 6.03 Å². The molecule has 1 atom stereocenters. The van der Waals surface area contributed by atoms with Crippen molar-refractivity contribution in [2.24, 2.45) is 0 Å². The fourth-order valence-electron chi connectivity index (χ4n) is 3.57. The highest BCUT2D eigenvalue weighted by atomic mass is 19.2. The lowest BCUT2D eigenvalue weighted by atomic mass is 9.85. The summed E-state index contributed by atoms with van der Waals surface area (Å²) in [6.45, 7) is 0.559. The number of carbonyl (C=O) groups is 4. The van der Waals surface area contributed by atoms with Crippen molar-refractivity contribution in [2.75, 3.05) is 18.4 Å². The van der Waals surface area contributed by atoms with E-state index in [4.69, 9.17) is 0 Å². The minimum absolute atomic E-state index is 0.321. The summed E-state index contributed by atoms with van der Waals surface area (Å²) < 4.78 is 39.9. The largest absolute Gasteiger partial charge is 0.345 e. The number of anilines is 1. The predicted molar refractivity (Wildman–Crippen MR) is 111 cm³/mol. The van der Waals surface area contributed by atoms with E-state index in [0.717, 1.165) is 11.0 Å². The van der Waals surface area contributed by atoms with Gasteiger partial charge in [0.1, 0.15) is 12.1 Å². The summed E-state index contributed by atoms with van der Waals surface area (Å²) in [7, 11) is 0. The lowest BCUT2D eigenvalue weighted by molar-refractivity contribution is -0.135. The van der Waals surface area contributed by atoms with Crippen molar-refractivity contribution in [1.29, 1.82) is 0 Å². The van der Waals surface area contributed by atoms with Crippen LogP contribution in [-0.4, -0.2) is 41.7 Å². The van der Waals surface area contributed by atoms with Crippen LogP contribution in [0, 0.1) is 17.5 Å². The summed E-state index contributed by atoms with van der Waals surface area (Å²) in [4.78, 5) is 50.6. The average Bonchev–Trinajstić information content (AvgIpc) is 3.04. The molecular formula is C22H21F3N4O4. The summed E-state index contributed by atoms with van der Waals surface area (Å²) in [5.74, 6) is -7.08. The topological polar surface area (TPSA) is 108 Å². The molecule has 1 fully saturated rings. The number of hydrogen-bond acceptors (Lipinski definition) is 4. The standard InChI is InChI=1S/C22H21F3N4O4/c1-2-10-22(13-6-4-3-5-7-13)20(32)29(21(33)28-22)12-17(31)26-11-16(30)27-15-9-8-14(23)18(24)19(15)25/h3-9H,2,10-12H2,1H3,(H,26,31)(H,27,30)(H,28,33)/t22-/m0/s1. The fraction of sp³-hybridized carbons (Fsp3) is 0.273. The molecule has 0 unspecified atom stereocenters. The van der Waals surface area contributed by atoms with E-state index in [0.29, 0.717) is 24.5 Å². The second-order valence-electron chi connectivity index (χ2n) is 7.39. The van der Waals surface area contributed by atoms with Crippen molar-refractivity contribution in [3.63, 3.8) is 0 Å². The van der Waals surface area contributed by atoms with Crippen molar-refractivity contribution in [1.82, 2.24) is 15.5 Å². The number of halogens is 3. The van der Waals surface area contributed by atoms with Crippen LogP contribution in [0.15, 0.2) is 42.5 Å². The lowest BCUT2D eigenvalue weighted by Crippen LogP contribution is -2.45. The van der Waals surface area contributed by atoms with Crippen molar-refractivity contribution < 1.29 is 32.3 Å². The van der Waals surface area contributed by atoms with Crippen molar-refractivity contribution >= 4 is 29.4 Å². The minimum atomic E-state index is -1.75. The van der Waals surface area contributed by atoms with Gasteiger partial charge in [0.25, 0.3) is 5.91 Å². The first kappa shape index (κ1) is 23.8. The molecule has 1 aliphatic rings. The summed E-state index contributed by atoms with van der Waals surface area (Å²) >= 11 is 0. The molecule has 1 saturated heterocycles. The van der Waals surface area contributed by atoms with Gasteiger partial charge in [-0.25, -0.2) is 18.0 Å². The highest BCUT2D eigenvalue weighted by Crippen LogP contribution is 2.33. The van der Waals surface area contributed by atoms with Gasteiger partial charge in [0.2, 0.25) is 11.8 Å².